The summed E-state index contributed by atoms with van der Waals surface area (Å²) in [6.45, 7) is 1.92. The summed E-state index contributed by atoms with van der Waals surface area (Å²) in [5, 5.41) is 3.03. The van der Waals surface area contributed by atoms with Gasteiger partial charge in [0, 0.05) is 18.0 Å². The van der Waals surface area contributed by atoms with Crippen LogP contribution in [0.25, 0.3) is 0 Å². The highest BCUT2D eigenvalue weighted by atomic mass is 35.5. The summed E-state index contributed by atoms with van der Waals surface area (Å²) in [4.78, 5) is 25.0. The maximum Gasteiger partial charge on any atom is 0.340 e. The standard InChI is InChI=1S/C20H21ClN2O6S/c1-3-28-20(25)14-6-4-5-7-15(14)22-19(24)18-10-11-23(30(2,26)27)16-12-13(21)8-9-17(16)29-18/h4-9,12,18H,3,10-11H2,1-2H3,(H,22,24)/t18-/m1/s1. The Morgan fingerprint density at radius 1 is 1.27 bits per heavy atom. The molecule has 8 nitrogen and oxygen atoms in total. The zero-order valence-corrected chi connectivity index (χ0v) is 18.0. The van der Waals surface area contributed by atoms with Gasteiger partial charge in [-0.1, -0.05) is 23.7 Å². The van der Waals surface area contributed by atoms with Crippen LogP contribution in [-0.4, -0.2) is 45.8 Å². The van der Waals surface area contributed by atoms with E-state index < -0.39 is 28.0 Å². The van der Waals surface area contributed by atoms with Crippen molar-refractivity contribution in [2.24, 2.45) is 0 Å². The zero-order valence-electron chi connectivity index (χ0n) is 16.4. The van der Waals surface area contributed by atoms with Crippen LogP contribution in [0.15, 0.2) is 42.5 Å². The van der Waals surface area contributed by atoms with Gasteiger partial charge in [-0.05, 0) is 37.3 Å². The number of anilines is 2. The van der Waals surface area contributed by atoms with Crippen LogP contribution >= 0.6 is 11.6 Å². The van der Waals surface area contributed by atoms with Gasteiger partial charge in [-0.25, -0.2) is 13.2 Å². The first kappa shape index (κ1) is 21.9. The SMILES string of the molecule is CCOC(=O)c1ccccc1NC(=O)[C@H]1CCN(S(C)(=O)=O)c2cc(Cl)ccc2O1. The van der Waals surface area contributed by atoms with Crippen LogP contribution < -0.4 is 14.4 Å². The quantitative estimate of drug-likeness (QED) is 0.699. The van der Waals surface area contributed by atoms with Crippen molar-refractivity contribution >= 4 is 44.9 Å². The summed E-state index contributed by atoms with van der Waals surface area (Å²) in [7, 11) is -3.61. The van der Waals surface area contributed by atoms with Gasteiger partial charge in [-0.3, -0.25) is 9.10 Å². The van der Waals surface area contributed by atoms with E-state index in [2.05, 4.69) is 5.32 Å². The Morgan fingerprint density at radius 2 is 2.00 bits per heavy atom. The van der Waals surface area contributed by atoms with Gasteiger partial charge in [0.1, 0.15) is 5.75 Å². The molecule has 160 valence electrons. The smallest absolute Gasteiger partial charge is 0.340 e. The number of rotatable bonds is 5. The first-order chi connectivity index (χ1) is 14.2. The van der Waals surface area contributed by atoms with E-state index in [0.717, 1.165) is 10.6 Å². The molecule has 0 saturated carbocycles. The number of carbonyl (C=O) groups is 2. The van der Waals surface area contributed by atoms with Crippen LogP contribution in [-0.2, 0) is 19.6 Å². The van der Waals surface area contributed by atoms with Gasteiger partial charge in [-0.2, -0.15) is 0 Å². The van der Waals surface area contributed by atoms with Crippen LogP contribution in [0.4, 0.5) is 11.4 Å². The molecular formula is C20H21ClN2O6S. The number of nitrogens with zero attached hydrogens (tertiary/aromatic N) is 1. The highest BCUT2D eigenvalue weighted by Crippen LogP contribution is 2.36. The lowest BCUT2D eigenvalue weighted by Gasteiger charge is -2.21. The van der Waals surface area contributed by atoms with Gasteiger partial charge >= 0.3 is 5.97 Å². The van der Waals surface area contributed by atoms with Crippen molar-refractivity contribution < 1.29 is 27.5 Å². The van der Waals surface area contributed by atoms with Gasteiger partial charge in [0.25, 0.3) is 5.91 Å². The molecule has 30 heavy (non-hydrogen) atoms. The number of hydrogen-bond acceptors (Lipinski definition) is 6. The second-order valence-corrected chi connectivity index (χ2v) is 8.94. The number of benzene rings is 2. The van der Waals surface area contributed by atoms with Crippen molar-refractivity contribution in [3.63, 3.8) is 0 Å². The topological polar surface area (TPSA) is 102 Å². The van der Waals surface area contributed by atoms with E-state index in [4.69, 9.17) is 21.1 Å². The van der Waals surface area contributed by atoms with E-state index in [1.807, 2.05) is 0 Å². The number of halogens is 1. The minimum Gasteiger partial charge on any atom is -0.478 e. The molecule has 0 radical (unpaired) electrons. The van der Waals surface area contributed by atoms with Gasteiger partial charge in [-0.15, -0.1) is 0 Å². The molecule has 3 rings (SSSR count). The van der Waals surface area contributed by atoms with Gasteiger partial charge in [0.15, 0.2) is 6.10 Å². The number of sulfonamides is 1. The molecule has 0 fully saturated rings. The van der Waals surface area contributed by atoms with E-state index >= 15 is 0 Å². The largest absolute Gasteiger partial charge is 0.478 e. The van der Waals surface area contributed by atoms with Crippen molar-refractivity contribution in [1.29, 1.82) is 0 Å². The fourth-order valence-corrected chi connectivity index (χ4v) is 4.18. The molecule has 1 N–H and O–H groups in total. The minimum absolute atomic E-state index is 0.0315. The molecule has 2 aromatic rings. The number of nitrogens with one attached hydrogen (secondary N) is 1. The van der Waals surface area contributed by atoms with Crippen LogP contribution in [0.3, 0.4) is 0 Å². The van der Waals surface area contributed by atoms with Crippen LogP contribution in [0.5, 0.6) is 5.75 Å². The normalized spacial score (nSPS) is 16.1. The van der Waals surface area contributed by atoms with E-state index in [9.17, 15) is 18.0 Å². The second kappa shape index (κ2) is 8.93. The number of esters is 1. The molecule has 10 heteroatoms. The maximum atomic E-state index is 12.9. The Bertz CT molecular complexity index is 1070. The Morgan fingerprint density at radius 3 is 2.70 bits per heavy atom. The average molecular weight is 453 g/mol. The van der Waals surface area contributed by atoms with Crippen molar-refractivity contribution in [3.8, 4) is 5.75 Å². The minimum atomic E-state index is -3.61. The van der Waals surface area contributed by atoms with E-state index in [0.29, 0.717) is 5.02 Å². The molecule has 1 aliphatic heterocycles. The second-order valence-electron chi connectivity index (χ2n) is 6.60. The molecule has 1 atom stereocenters. The van der Waals surface area contributed by atoms with Gasteiger partial charge < -0.3 is 14.8 Å². The summed E-state index contributed by atoms with van der Waals surface area (Å²) >= 11 is 6.02. The highest BCUT2D eigenvalue weighted by Gasteiger charge is 2.32. The number of fused-ring (bicyclic) bond motifs is 1. The summed E-state index contributed by atoms with van der Waals surface area (Å²) in [6, 6.07) is 11.0. The van der Waals surface area contributed by atoms with E-state index in [1.165, 1.54) is 12.1 Å². The Hall–Kier alpha value is -2.78. The predicted molar refractivity (Wildman–Crippen MR) is 114 cm³/mol. The van der Waals surface area contributed by atoms with Gasteiger partial charge in [0.2, 0.25) is 10.0 Å². The third-order valence-electron chi connectivity index (χ3n) is 4.43. The number of amides is 1. The van der Waals surface area contributed by atoms with Gasteiger partial charge in [0.05, 0.1) is 29.8 Å². The molecule has 0 spiro atoms. The number of para-hydroxylation sites is 1. The molecule has 0 aromatic heterocycles. The lowest BCUT2D eigenvalue weighted by atomic mass is 10.1. The number of ether oxygens (including phenoxy) is 2. The molecular weight excluding hydrogens is 432 g/mol. The monoisotopic (exact) mass is 452 g/mol. The summed E-state index contributed by atoms with van der Waals surface area (Å²) in [5.74, 6) is -0.845. The van der Waals surface area contributed by atoms with Crippen molar-refractivity contribution in [3.05, 3.63) is 53.1 Å². The summed E-state index contributed by atoms with van der Waals surface area (Å²) in [6.07, 6.45) is 0.201. The van der Waals surface area contributed by atoms with Crippen LogP contribution in [0, 0.1) is 0 Å². The molecule has 0 aliphatic carbocycles. The highest BCUT2D eigenvalue weighted by molar-refractivity contribution is 7.92. The molecule has 2 aromatic carbocycles. The maximum absolute atomic E-state index is 12.9. The summed E-state index contributed by atoms with van der Waals surface area (Å²) < 4.78 is 36.5. The first-order valence-electron chi connectivity index (χ1n) is 9.21. The fraction of sp³-hybridized carbons (Fsp3) is 0.300. The lowest BCUT2D eigenvalue weighted by molar-refractivity contribution is -0.122. The molecule has 0 bridgehead atoms. The Balaban J connectivity index is 1.87. The first-order valence-corrected chi connectivity index (χ1v) is 11.4. The lowest BCUT2D eigenvalue weighted by Crippen LogP contribution is -2.36. The predicted octanol–water partition coefficient (Wildman–Crippen LogP) is 3.07. The van der Waals surface area contributed by atoms with Crippen LogP contribution in [0.2, 0.25) is 5.02 Å². The zero-order chi connectivity index (χ0) is 21.9. The summed E-state index contributed by atoms with van der Waals surface area (Å²) in [5.41, 5.74) is 0.767. The van der Waals surface area contributed by atoms with Crippen molar-refractivity contribution in [2.45, 2.75) is 19.4 Å². The third-order valence-corrected chi connectivity index (χ3v) is 5.84. The third kappa shape index (κ3) is 4.85. The molecule has 1 aliphatic rings. The van der Waals surface area contributed by atoms with Crippen molar-refractivity contribution in [2.75, 3.05) is 29.0 Å². The van der Waals surface area contributed by atoms with Crippen LogP contribution in [0.1, 0.15) is 23.7 Å². The molecule has 1 amide bonds. The fourth-order valence-electron chi connectivity index (χ4n) is 3.07. The molecule has 1 heterocycles. The van der Waals surface area contributed by atoms with E-state index in [-0.39, 0.29) is 42.3 Å². The Labute approximate surface area is 179 Å². The molecule has 0 unspecified atom stereocenters. The number of hydrogen-bond donors (Lipinski definition) is 1. The molecule has 0 saturated heterocycles. The van der Waals surface area contributed by atoms with E-state index in [1.54, 1.807) is 37.3 Å². The Kier molecular flexibility index (Phi) is 6.52. The average Bonchev–Trinajstić information content (AvgIpc) is 2.87. The number of carbonyl (C=O) groups excluding carboxylic acids is 2. The van der Waals surface area contributed by atoms with Crippen molar-refractivity contribution in [1.82, 2.24) is 0 Å².